The van der Waals surface area contributed by atoms with Gasteiger partial charge in [-0.15, -0.1) is 11.6 Å². The van der Waals surface area contributed by atoms with Crippen LogP contribution in [0.5, 0.6) is 0 Å². The van der Waals surface area contributed by atoms with Gasteiger partial charge in [0.15, 0.2) is 0 Å². The summed E-state index contributed by atoms with van der Waals surface area (Å²) >= 11 is 12.9. The third kappa shape index (κ3) is 4.55. The maximum atomic E-state index is 11.1. The Morgan fingerprint density at radius 2 is 1.86 bits per heavy atom. The van der Waals surface area contributed by atoms with Gasteiger partial charge in [-0.2, -0.15) is 0 Å². The number of hydrogen-bond acceptors (Lipinski definition) is 4. The highest BCUT2D eigenvalue weighted by Gasteiger charge is 2.42. The number of carbonyl (C=O) groups is 1. The number of likely N-dealkylation sites (tertiary alicyclic amines) is 1. The Kier molecular flexibility index (Phi) is 6.55. The van der Waals surface area contributed by atoms with Gasteiger partial charge in [0, 0.05) is 62.4 Å². The highest BCUT2D eigenvalue weighted by molar-refractivity contribution is 6.36. The summed E-state index contributed by atoms with van der Waals surface area (Å²) in [5, 5.41) is 15.4. The second-order valence-corrected chi connectivity index (χ2v) is 10.5. The third-order valence-corrected chi connectivity index (χ3v) is 7.85. The normalized spacial score (nSPS) is 17.8. The van der Waals surface area contributed by atoms with Gasteiger partial charge in [-0.3, -0.25) is 4.90 Å². The highest BCUT2D eigenvalue weighted by Crippen LogP contribution is 2.38. The molecule has 0 amide bonds. The van der Waals surface area contributed by atoms with Gasteiger partial charge in [0.1, 0.15) is 5.60 Å². The second kappa shape index (κ2) is 9.49. The number of carboxylic acids is 1. The van der Waals surface area contributed by atoms with Crippen molar-refractivity contribution in [3.63, 3.8) is 0 Å². The van der Waals surface area contributed by atoms with E-state index in [-0.39, 0.29) is 11.2 Å². The maximum absolute atomic E-state index is 11.1. The van der Waals surface area contributed by atoms with E-state index < -0.39 is 5.97 Å². The summed E-state index contributed by atoms with van der Waals surface area (Å²) in [5.74, 6) is -0.476. The molecule has 3 heterocycles. The molecule has 1 saturated heterocycles. The Bertz CT molecular complexity index is 1290. The Morgan fingerprint density at radius 1 is 1.14 bits per heavy atom. The van der Waals surface area contributed by atoms with E-state index in [1.165, 1.54) is 5.56 Å². The molecule has 2 aliphatic heterocycles. The van der Waals surface area contributed by atoms with Crippen LogP contribution >= 0.6 is 23.2 Å². The van der Waals surface area contributed by atoms with Gasteiger partial charge in [0.2, 0.25) is 0 Å². The fraction of sp³-hybridized carbons (Fsp3) is 0.407. The molecule has 8 heteroatoms. The Hall–Kier alpha value is -2.54. The number of carboxylic acid groups (broad SMARTS) is 1. The average molecular weight is 514 g/mol. The minimum absolute atomic E-state index is 0.272. The predicted octanol–water partition coefficient (Wildman–Crippen LogP) is 6.47. The van der Waals surface area contributed by atoms with E-state index in [1.807, 2.05) is 24.3 Å². The van der Waals surface area contributed by atoms with Gasteiger partial charge < -0.3 is 14.5 Å². The van der Waals surface area contributed by atoms with E-state index in [2.05, 4.69) is 34.7 Å². The van der Waals surface area contributed by atoms with Crippen molar-refractivity contribution in [2.75, 3.05) is 13.1 Å². The number of alkyl halides is 1. The quantitative estimate of drug-likeness (QED) is 0.383. The molecule has 0 bridgehead atoms. The zero-order valence-corrected chi connectivity index (χ0v) is 21.4. The lowest BCUT2D eigenvalue weighted by molar-refractivity contribution is -0.0626. The maximum Gasteiger partial charge on any atom is 0.335 e. The first-order chi connectivity index (χ1) is 16.8. The summed E-state index contributed by atoms with van der Waals surface area (Å²) in [6.07, 6.45) is 4.74. The van der Waals surface area contributed by atoms with Gasteiger partial charge in [-0.05, 0) is 48.7 Å². The summed E-state index contributed by atoms with van der Waals surface area (Å²) in [4.78, 5) is 19.6. The number of hydrogen-bond donors (Lipinski definition) is 1. The summed E-state index contributed by atoms with van der Waals surface area (Å²) < 4.78 is 2.29. The SMILES string of the molecule is CC(C)n1cc(CN2CCC3(CC2)CC(c2ccc(C(=O)O)cc2)=NO3)c2c(Cl)ccc(CCl)c21. The first-order valence-electron chi connectivity index (χ1n) is 12.0. The molecular formula is C27H29Cl2N3O3. The lowest BCUT2D eigenvalue weighted by Gasteiger charge is -2.37. The first kappa shape index (κ1) is 24.2. The van der Waals surface area contributed by atoms with Crippen molar-refractivity contribution < 1.29 is 14.7 Å². The lowest BCUT2D eigenvalue weighted by atomic mass is 9.85. The Morgan fingerprint density at radius 3 is 2.49 bits per heavy atom. The van der Waals surface area contributed by atoms with Crippen LogP contribution in [0.15, 0.2) is 47.8 Å². The number of fused-ring (bicyclic) bond motifs is 1. The first-order valence-corrected chi connectivity index (χ1v) is 12.9. The largest absolute Gasteiger partial charge is 0.478 e. The fourth-order valence-corrected chi connectivity index (χ4v) is 5.74. The number of nitrogens with zero attached hydrogens (tertiary/aromatic N) is 3. The molecule has 35 heavy (non-hydrogen) atoms. The number of benzene rings is 2. The number of aromatic carboxylic acids is 1. The summed E-state index contributed by atoms with van der Waals surface area (Å²) in [7, 11) is 0. The van der Waals surface area contributed by atoms with Gasteiger partial charge in [0.05, 0.1) is 21.8 Å². The molecule has 6 nitrogen and oxygen atoms in total. The van der Waals surface area contributed by atoms with Crippen molar-refractivity contribution in [3.05, 3.63) is 69.9 Å². The minimum Gasteiger partial charge on any atom is -0.478 e. The molecule has 184 valence electrons. The number of aromatic nitrogens is 1. The second-order valence-electron chi connectivity index (χ2n) is 9.87. The standard InChI is InChI=1S/C27H29Cl2N3O3/c1-17(2)32-16-21(24-22(29)8-7-20(14-28)25(24)32)15-31-11-9-27(10-12-31)13-23(30-35-27)18-3-5-19(6-4-18)26(33)34/h3-8,16-17H,9-15H2,1-2H3,(H,33,34). The zero-order valence-electron chi connectivity index (χ0n) is 19.9. The topological polar surface area (TPSA) is 67.1 Å². The number of halogens is 2. The monoisotopic (exact) mass is 513 g/mol. The molecular weight excluding hydrogens is 485 g/mol. The van der Waals surface area contributed by atoms with Crippen LogP contribution in [-0.4, -0.2) is 44.9 Å². The van der Waals surface area contributed by atoms with Crippen LogP contribution in [0.4, 0.5) is 0 Å². The van der Waals surface area contributed by atoms with E-state index in [0.29, 0.717) is 11.9 Å². The number of piperidine rings is 1. The van der Waals surface area contributed by atoms with E-state index >= 15 is 0 Å². The third-order valence-electron chi connectivity index (χ3n) is 7.25. The van der Waals surface area contributed by atoms with E-state index in [9.17, 15) is 4.79 Å². The van der Waals surface area contributed by atoms with Crippen molar-refractivity contribution in [1.29, 1.82) is 0 Å². The summed E-state index contributed by atoms with van der Waals surface area (Å²) in [6.45, 7) is 6.99. The van der Waals surface area contributed by atoms with Crippen LogP contribution in [-0.2, 0) is 17.3 Å². The zero-order chi connectivity index (χ0) is 24.7. The van der Waals surface area contributed by atoms with Crippen LogP contribution in [0.2, 0.25) is 5.02 Å². The smallest absolute Gasteiger partial charge is 0.335 e. The van der Waals surface area contributed by atoms with Gasteiger partial charge in [-0.1, -0.05) is 35.0 Å². The molecule has 0 radical (unpaired) electrons. The van der Waals surface area contributed by atoms with E-state index in [0.717, 1.165) is 71.7 Å². The molecule has 3 aromatic rings. The van der Waals surface area contributed by atoms with Gasteiger partial charge in [0.25, 0.3) is 0 Å². The lowest BCUT2D eigenvalue weighted by Crippen LogP contribution is -2.44. The fourth-order valence-electron chi connectivity index (χ4n) is 5.25. The van der Waals surface area contributed by atoms with Gasteiger partial charge >= 0.3 is 5.97 Å². The molecule has 0 unspecified atom stereocenters. The average Bonchev–Trinajstić information content (AvgIpc) is 3.44. The molecule has 0 aliphatic carbocycles. The van der Waals surface area contributed by atoms with Crippen LogP contribution in [0, 0.1) is 0 Å². The van der Waals surface area contributed by atoms with Crippen molar-refractivity contribution >= 4 is 45.8 Å². The van der Waals surface area contributed by atoms with Crippen molar-refractivity contribution in [3.8, 4) is 0 Å². The molecule has 1 fully saturated rings. The Labute approximate surface area is 215 Å². The molecule has 1 aromatic heterocycles. The van der Waals surface area contributed by atoms with E-state index in [1.54, 1.807) is 12.1 Å². The van der Waals surface area contributed by atoms with Gasteiger partial charge in [-0.25, -0.2) is 4.79 Å². The minimum atomic E-state index is -0.929. The van der Waals surface area contributed by atoms with Crippen molar-refractivity contribution in [2.24, 2.45) is 5.16 Å². The van der Waals surface area contributed by atoms with Crippen molar-refractivity contribution in [1.82, 2.24) is 9.47 Å². The predicted molar refractivity (Wildman–Crippen MR) is 140 cm³/mol. The molecule has 5 rings (SSSR count). The van der Waals surface area contributed by atoms with Crippen LogP contribution in [0.1, 0.15) is 66.2 Å². The molecule has 1 N–H and O–H groups in total. The molecule has 2 aromatic carbocycles. The van der Waals surface area contributed by atoms with Crippen LogP contribution in [0.25, 0.3) is 10.9 Å². The number of rotatable bonds is 6. The molecule has 2 aliphatic rings. The molecule has 1 spiro atoms. The van der Waals surface area contributed by atoms with Crippen LogP contribution < -0.4 is 0 Å². The molecule has 0 atom stereocenters. The summed E-state index contributed by atoms with van der Waals surface area (Å²) in [6, 6.07) is 11.1. The highest BCUT2D eigenvalue weighted by atomic mass is 35.5. The Balaban J connectivity index is 1.28. The van der Waals surface area contributed by atoms with Crippen molar-refractivity contribution in [2.45, 2.75) is 57.2 Å². The summed E-state index contributed by atoms with van der Waals surface area (Å²) in [5.41, 5.74) is 5.25. The van der Waals surface area contributed by atoms with E-state index in [4.69, 9.17) is 33.1 Å². The number of oxime groups is 1. The van der Waals surface area contributed by atoms with Crippen LogP contribution in [0.3, 0.4) is 0 Å². The molecule has 0 saturated carbocycles.